The molecule has 0 saturated heterocycles. The van der Waals surface area contributed by atoms with Crippen molar-refractivity contribution in [2.75, 3.05) is 17.6 Å². The summed E-state index contributed by atoms with van der Waals surface area (Å²) in [6.07, 6.45) is 4.73. The molecule has 100 valence electrons. The second-order valence-corrected chi connectivity index (χ2v) is 5.90. The predicted molar refractivity (Wildman–Crippen MR) is 82.4 cm³/mol. The zero-order chi connectivity index (χ0) is 13.1. The van der Waals surface area contributed by atoms with Crippen LogP contribution in [0.5, 0.6) is 0 Å². The highest BCUT2D eigenvalue weighted by Gasteiger charge is 2.01. The number of hydrogen-bond acceptors (Lipinski definition) is 2. The van der Waals surface area contributed by atoms with Gasteiger partial charge in [0.1, 0.15) is 0 Å². The third kappa shape index (κ3) is 7.77. The molecule has 0 heterocycles. The van der Waals surface area contributed by atoms with Gasteiger partial charge in [0.05, 0.1) is 5.75 Å². The number of nitrogens with one attached hydrogen (secondary N) is 1. The fourth-order valence-electron chi connectivity index (χ4n) is 1.52. The first-order valence-corrected chi connectivity index (χ1v) is 8.44. The van der Waals surface area contributed by atoms with Crippen LogP contribution in [0.2, 0.25) is 0 Å². The van der Waals surface area contributed by atoms with Gasteiger partial charge in [-0.15, -0.1) is 11.8 Å². The largest absolute Gasteiger partial charge is 0.355 e. The summed E-state index contributed by atoms with van der Waals surface area (Å²) in [4.78, 5) is 12.7. The Morgan fingerprint density at radius 2 is 1.83 bits per heavy atom. The van der Waals surface area contributed by atoms with Gasteiger partial charge < -0.3 is 5.32 Å². The van der Waals surface area contributed by atoms with Crippen LogP contribution in [0.15, 0.2) is 35.2 Å². The van der Waals surface area contributed by atoms with E-state index in [1.807, 2.05) is 30.3 Å². The maximum atomic E-state index is 11.6. The molecule has 1 aromatic rings. The molecule has 18 heavy (non-hydrogen) atoms. The first-order chi connectivity index (χ1) is 8.83. The van der Waals surface area contributed by atoms with Crippen LogP contribution >= 0.6 is 27.7 Å². The summed E-state index contributed by atoms with van der Waals surface area (Å²) >= 11 is 4.99. The minimum absolute atomic E-state index is 0.129. The molecule has 0 aliphatic carbocycles. The van der Waals surface area contributed by atoms with Crippen molar-refractivity contribution >= 4 is 33.6 Å². The lowest BCUT2D eigenvalue weighted by molar-refractivity contribution is -0.118. The van der Waals surface area contributed by atoms with Crippen molar-refractivity contribution in [3.8, 4) is 0 Å². The molecule has 1 N–H and O–H groups in total. The number of carbonyl (C=O) groups excluding carboxylic acids is 1. The molecule has 4 heteroatoms. The molecule has 0 bridgehead atoms. The lowest BCUT2D eigenvalue weighted by Gasteiger charge is -2.05. The standard InChI is InChI=1S/C14H20BrNOS/c15-10-6-1-2-7-11-16-14(17)12-18-13-8-4-3-5-9-13/h3-5,8-9H,1-2,6-7,10-12H2,(H,16,17). The summed E-state index contributed by atoms with van der Waals surface area (Å²) in [5.74, 6) is 0.634. The van der Waals surface area contributed by atoms with Crippen molar-refractivity contribution in [2.24, 2.45) is 0 Å². The third-order valence-electron chi connectivity index (χ3n) is 2.50. The Labute approximate surface area is 122 Å². The van der Waals surface area contributed by atoms with Crippen molar-refractivity contribution < 1.29 is 4.79 Å². The molecule has 2 nitrogen and oxygen atoms in total. The highest BCUT2D eigenvalue weighted by Crippen LogP contribution is 2.16. The van der Waals surface area contributed by atoms with Crippen LogP contribution in [0.25, 0.3) is 0 Å². The molecule has 1 amide bonds. The average molecular weight is 330 g/mol. The molecule has 0 atom stereocenters. The fourth-order valence-corrected chi connectivity index (χ4v) is 2.66. The number of hydrogen-bond donors (Lipinski definition) is 1. The van der Waals surface area contributed by atoms with Gasteiger partial charge in [0.15, 0.2) is 0 Å². The highest BCUT2D eigenvalue weighted by atomic mass is 79.9. The van der Waals surface area contributed by atoms with Gasteiger partial charge in [0.25, 0.3) is 0 Å². The third-order valence-corrected chi connectivity index (χ3v) is 4.07. The van der Waals surface area contributed by atoms with Crippen LogP contribution < -0.4 is 5.32 Å². The molecule has 1 rings (SSSR count). The maximum Gasteiger partial charge on any atom is 0.230 e. The molecule has 0 saturated carbocycles. The molecular formula is C14H20BrNOS. The van der Waals surface area contributed by atoms with E-state index in [9.17, 15) is 4.79 Å². The first kappa shape index (κ1) is 15.6. The fraction of sp³-hybridized carbons (Fsp3) is 0.500. The summed E-state index contributed by atoms with van der Waals surface area (Å²) in [5, 5.41) is 4.03. The van der Waals surface area contributed by atoms with Crippen molar-refractivity contribution in [2.45, 2.75) is 30.6 Å². The zero-order valence-corrected chi connectivity index (χ0v) is 12.9. The summed E-state index contributed by atoms with van der Waals surface area (Å²) in [6, 6.07) is 10.0. The molecule has 1 aromatic carbocycles. The summed E-state index contributed by atoms with van der Waals surface area (Å²) < 4.78 is 0. The quantitative estimate of drug-likeness (QED) is 0.423. The Morgan fingerprint density at radius 1 is 1.11 bits per heavy atom. The topological polar surface area (TPSA) is 29.1 Å². The number of alkyl halides is 1. The smallest absolute Gasteiger partial charge is 0.230 e. The van der Waals surface area contributed by atoms with Gasteiger partial charge in [-0.3, -0.25) is 4.79 Å². The molecule has 0 aromatic heterocycles. The van der Waals surface area contributed by atoms with E-state index in [0.29, 0.717) is 5.75 Å². The van der Waals surface area contributed by atoms with Crippen molar-refractivity contribution in [3.63, 3.8) is 0 Å². The van der Waals surface area contributed by atoms with Gasteiger partial charge in [-0.2, -0.15) is 0 Å². The van der Waals surface area contributed by atoms with Crippen molar-refractivity contribution in [1.82, 2.24) is 5.32 Å². The number of amides is 1. The second-order valence-electron chi connectivity index (χ2n) is 4.05. The number of thioether (sulfide) groups is 1. The molecule has 0 spiro atoms. The monoisotopic (exact) mass is 329 g/mol. The Hall–Kier alpha value is -0.480. The lowest BCUT2D eigenvalue weighted by Crippen LogP contribution is -2.26. The van der Waals surface area contributed by atoms with Gasteiger partial charge in [-0.05, 0) is 25.0 Å². The van der Waals surface area contributed by atoms with E-state index in [1.165, 1.54) is 19.3 Å². The molecule has 0 aliphatic rings. The van der Waals surface area contributed by atoms with E-state index in [4.69, 9.17) is 0 Å². The van der Waals surface area contributed by atoms with Crippen LogP contribution in [0.1, 0.15) is 25.7 Å². The second kappa shape index (κ2) is 10.4. The van der Waals surface area contributed by atoms with Crippen LogP contribution in [0.4, 0.5) is 0 Å². The Morgan fingerprint density at radius 3 is 2.56 bits per heavy atom. The van der Waals surface area contributed by atoms with Crippen molar-refractivity contribution in [3.05, 3.63) is 30.3 Å². The van der Waals surface area contributed by atoms with E-state index in [0.717, 1.165) is 23.2 Å². The summed E-state index contributed by atoms with van der Waals surface area (Å²) in [5.41, 5.74) is 0. The van der Waals surface area contributed by atoms with E-state index in [2.05, 4.69) is 21.2 Å². The van der Waals surface area contributed by atoms with Gasteiger partial charge >= 0.3 is 0 Å². The molecule has 0 unspecified atom stereocenters. The first-order valence-electron chi connectivity index (χ1n) is 6.33. The lowest BCUT2D eigenvalue weighted by atomic mass is 10.2. The van der Waals surface area contributed by atoms with Gasteiger partial charge in [0.2, 0.25) is 5.91 Å². The van der Waals surface area contributed by atoms with E-state index in [-0.39, 0.29) is 5.91 Å². The molecular weight excluding hydrogens is 310 g/mol. The normalized spacial score (nSPS) is 10.3. The summed E-state index contributed by atoms with van der Waals surface area (Å²) in [6.45, 7) is 0.802. The zero-order valence-electron chi connectivity index (χ0n) is 10.5. The van der Waals surface area contributed by atoms with Crippen LogP contribution in [-0.2, 0) is 4.79 Å². The minimum atomic E-state index is 0.129. The average Bonchev–Trinajstić information content (AvgIpc) is 2.41. The minimum Gasteiger partial charge on any atom is -0.355 e. The van der Waals surface area contributed by atoms with Gasteiger partial charge in [-0.1, -0.05) is 47.0 Å². The van der Waals surface area contributed by atoms with Crippen LogP contribution in [0, 0.1) is 0 Å². The maximum absolute atomic E-state index is 11.6. The number of carbonyl (C=O) groups is 1. The van der Waals surface area contributed by atoms with E-state index < -0.39 is 0 Å². The number of rotatable bonds is 9. The van der Waals surface area contributed by atoms with Crippen molar-refractivity contribution in [1.29, 1.82) is 0 Å². The van der Waals surface area contributed by atoms with Crippen LogP contribution in [0.3, 0.4) is 0 Å². The Balaban J connectivity index is 2.01. The highest BCUT2D eigenvalue weighted by molar-refractivity contribution is 9.09. The Bertz CT molecular complexity index is 332. The Kier molecular flexibility index (Phi) is 9.04. The van der Waals surface area contributed by atoms with Gasteiger partial charge in [-0.25, -0.2) is 0 Å². The van der Waals surface area contributed by atoms with Crippen LogP contribution in [-0.4, -0.2) is 23.5 Å². The van der Waals surface area contributed by atoms with E-state index >= 15 is 0 Å². The molecule has 0 radical (unpaired) electrons. The number of benzene rings is 1. The SMILES string of the molecule is O=C(CSc1ccccc1)NCCCCCCBr. The van der Waals surface area contributed by atoms with E-state index in [1.54, 1.807) is 11.8 Å². The number of unbranched alkanes of at least 4 members (excludes halogenated alkanes) is 3. The predicted octanol–water partition coefficient (Wildman–Crippen LogP) is 3.85. The molecule has 0 aliphatic heterocycles. The summed E-state index contributed by atoms with van der Waals surface area (Å²) in [7, 11) is 0. The number of halogens is 1. The van der Waals surface area contributed by atoms with Gasteiger partial charge in [0, 0.05) is 16.8 Å². The molecule has 0 fully saturated rings.